The summed E-state index contributed by atoms with van der Waals surface area (Å²) in [6, 6.07) is 0. The summed E-state index contributed by atoms with van der Waals surface area (Å²) in [5, 5.41) is 0. The molecule has 0 aromatic heterocycles. The molecule has 0 saturated carbocycles. The normalized spacial score (nSPS) is 13.5. The second-order valence-corrected chi connectivity index (χ2v) is 27.4. The van der Waals surface area contributed by atoms with Crippen molar-refractivity contribution in [1.82, 2.24) is 0 Å². The number of rotatable bonds is 68. The number of phosphoric ester groups is 1. The number of allylic oxidation sites excluding steroid dienone is 12. The second-order valence-electron chi connectivity index (χ2n) is 26.0. The number of carbonyl (C=O) groups excluding carboxylic acids is 2. The SMILES string of the molecule is CC/C=C\C/C=C\C/C=C\C/C=C\C/C=C\C/C=C\CCCCCCCCCCCCCCCCCCCCCCC(=O)OC(COC(=O)CCCCCCCCCCCCCCCCCCCCCCCCC)COP(=O)(O)OCC[N+](C)(C)C. The Labute approximate surface area is 533 Å². The molecule has 0 rings (SSSR count). The van der Waals surface area contributed by atoms with E-state index in [2.05, 4.69) is 86.8 Å². The molecule has 10 heteroatoms. The van der Waals surface area contributed by atoms with Gasteiger partial charge in [0.1, 0.15) is 19.8 Å². The van der Waals surface area contributed by atoms with Gasteiger partial charge in [-0.3, -0.25) is 18.6 Å². The number of esters is 2. The Hall–Kier alpha value is -2.55. The number of ether oxygens (including phenoxy) is 2. The van der Waals surface area contributed by atoms with Crippen LogP contribution >= 0.6 is 7.82 Å². The zero-order chi connectivity index (χ0) is 62.6. The number of hydrogen-bond acceptors (Lipinski definition) is 7. The van der Waals surface area contributed by atoms with Crippen LogP contribution in [0.5, 0.6) is 0 Å². The molecule has 0 heterocycles. The number of likely N-dealkylation sites (N-methyl/N-ethyl adjacent to an activating group) is 1. The first-order valence-corrected chi connectivity index (χ1v) is 38.2. The third-order valence-electron chi connectivity index (χ3n) is 16.3. The standard InChI is InChI=1S/C76H140NO8P/c1-6-8-10-12-14-16-18-20-22-24-26-28-30-31-32-33-34-35-36-37-38-39-40-41-42-43-44-45-47-49-51-53-55-57-59-61-63-65-67-69-76(79)85-74(73-84-86(80,81)83-71-70-77(3,4)5)72-82-75(78)68-66-64-62-60-58-56-54-52-50-48-46-29-27-25-23-21-19-17-15-13-11-9-7-2/h8,10,14,16,20,22,26,28,31-32,34-35,74H,6-7,9,11-13,15,17-19,21,23-25,27,29-30,33,36-73H2,1-5H3/p+1/b10-8-,16-14-,22-20-,28-26-,32-31-,35-34-. The van der Waals surface area contributed by atoms with Gasteiger partial charge in [0.2, 0.25) is 0 Å². The van der Waals surface area contributed by atoms with Gasteiger partial charge in [0.05, 0.1) is 27.7 Å². The van der Waals surface area contributed by atoms with Gasteiger partial charge in [-0.25, -0.2) is 4.57 Å². The number of hydrogen-bond donors (Lipinski definition) is 1. The minimum absolute atomic E-state index is 0.0336. The quantitative estimate of drug-likeness (QED) is 0.0211. The van der Waals surface area contributed by atoms with Crippen LogP contribution in [0.2, 0.25) is 0 Å². The van der Waals surface area contributed by atoms with Gasteiger partial charge in [-0.1, -0.05) is 344 Å². The summed E-state index contributed by atoms with van der Waals surface area (Å²) in [6.45, 7) is 4.38. The summed E-state index contributed by atoms with van der Waals surface area (Å²) in [7, 11) is 1.49. The number of carbonyl (C=O) groups is 2. The van der Waals surface area contributed by atoms with Gasteiger partial charge in [0.15, 0.2) is 6.10 Å². The number of unbranched alkanes of at least 4 members (excludes halogenated alkanes) is 42. The van der Waals surface area contributed by atoms with Gasteiger partial charge in [0, 0.05) is 12.8 Å². The van der Waals surface area contributed by atoms with Crippen LogP contribution in [0.25, 0.3) is 0 Å². The molecule has 0 bridgehead atoms. The van der Waals surface area contributed by atoms with Crippen molar-refractivity contribution in [2.75, 3.05) is 47.5 Å². The van der Waals surface area contributed by atoms with Crippen LogP contribution in [0.15, 0.2) is 72.9 Å². The summed E-state index contributed by atoms with van der Waals surface area (Å²) in [5.74, 6) is -0.777. The lowest BCUT2D eigenvalue weighted by Crippen LogP contribution is -2.37. The molecule has 0 fully saturated rings. The third kappa shape index (κ3) is 70.5. The van der Waals surface area contributed by atoms with Crippen molar-refractivity contribution >= 4 is 19.8 Å². The molecule has 0 saturated heterocycles. The van der Waals surface area contributed by atoms with Crippen molar-refractivity contribution in [3.8, 4) is 0 Å². The molecule has 0 aliphatic heterocycles. The first-order valence-electron chi connectivity index (χ1n) is 36.7. The van der Waals surface area contributed by atoms with E-state index in [4.69, 9.17) is 18.5 Å². The van der Waals surface area contributed by atoms with Crippen LogP contribution in [-0.2, 0) is 32.7 Å². The first-order chi connectivity index (χ1) is 42.0. The monoisotopic (exact) mass is 1230 g/mol. The molecule has 0 aliphatic rings. The molecular weight excluding hydrogens is 1090 g/mol. The Bertz CT molecular complexity index is 1680. The number of nitrogens with zero attached hydrogens (tertiary/aromatic N) is 1. The molecule has 0 radical (unpaired) electrons. The zero-order valence-electron chi connectivity index (χ0n) is 57.3. The van der Waals surface area contributed by atoms with Crippen molar-refractivity contribution in [1.29, 1.82) is 0 Å². The van der Waals surface area contributed by atoms with E-state index in [1.807, 2.05) is 21.1 Å². The number of quaternary nitrogens is 1. The predicted molar refractivity (Wildman–Crippen MR) is 372 cm³/mol. The van der Waals surface area contributed by atoms with Gasteiger partial charge in [0.25, 0.3) is 0 Å². The fourth-order valence-corrected chi connectivity index (χ4v) is 11.4. The fraction of sp³-hybridized carbons (Fsp3) is 0.816. The minimum Gasteiger partial charge on any atom is -0.462 e. The van der Waals surface area contributed by atoms with Crippen LogP contribution in [0.3, 0.4) is 0 Å². The highest BCUT2D eigenvalue weighted by Crippen LogP contribution is 2.43. The zero-order valence-corrected chi connectivity index (χ0v) is 58.2. The lowest BCUT2D eigenvalue weighted by atomic mass is 10.0. The van der Waals surface area contributed by atoms with E-state index in [9.17, 15) is 19.0 Å². The number of phosphoric acid groups is 1. The molecule has 502 valence electrons. The molecule has 0 aliphatic carbocycles. The molecule has 0 aromatic rings. The highest BCUT2D eigenvalue weighted by molar-refractivity contribution is 7.47. The summed E-state index contributed by atoms with van der Waals surface area (Å²) >= 11 is 0. The Kier molecular flexibility index (Phi) is 64.9. The van der Waals surface area contributed by atoms with Crippen LogP contribution in [-0.4, -0.2) is 74.9 Å². The lowest BCUT2D eigenvalue weighted by molar-refractivity contribution is -0.870. The Morgan fingerprint density at radius 1 is 0.372 bits per heavy atom. The fourth-order valence-electron chi connectivity index (χ4n) is 10.7. The molecule has 86 heavy (non-hydrogen) atoms. The summed E-state index contributed by atoms with van der Waals surface area (Å²) < 4.78 is 34.8. The molecule has 2 unspecified atom stereocenters. The van der Waals surface area contributed by atoms with E-state index in [1.54, 1.807) is 0 Å². The van der Waals surface area contributed by atoms with E-state index in [0.29, 0.717) is 23.9 Å². The molecule has 0 spiro atoms. The average Bonchev–Trinajstić information content (AvgIpc) is 3.56. The highest BCUT2D eigenvalue weighted by atomic mass is 31.2. The average molecular weight is 1230 g/mol. The summed E-state index contributed by atoms with van der Waals surface area (Å²) in [5.41, 5.74) is 0. The van der Waals surface area contributed by atoms with E-state index in [1.165, 1.54) is 244 Å². The maximum Gasteiger partial charge on any atom is 0.472 e. The Morgan fingerprint density at radius 2 is 0.663 bits per heavy atom. The second kappa shape index (κ2) is 66.9. The highest BCUT2D eigenvalue weighted by Gasteiger charge is 2.27. The maximum atomic E-state index is 12.9. The van der Waals surface area contributed by atoms with Crippen molar-refractivity contribution in [3.05, 3.63) is 72.9 Å². The smallest absolute Gasteiger partial charge is 0.462 e. The molecule has 9 nitrogen and oxygen atoms in total. The van der Waals surface area contributed by atoms with Crippen LogP contribution in [0, 0.1) is 0 Å². The van der Waals surface area contributed by atoms with Gasteiger partial charge < -0.3 is 18.9 Å². The van der Waals surface area contributed by atoms with E-state index >= 15 is 0 Å². The van der Waals surface area contributed by atoms with Crippen LogP contribution in [0.4, 0.5) is 0 Å². The van der Waals surface area contributed by atoms with Gasteiger partial charge in [-0.15, -0.1) is 0 Å². The van der Waals surface area contributed by atoms with Crippen molar-refractivity contribution < 1.29 is 42.1 Å². The third-order valence-corrected chi connectivity index (χ3v) is 17.2. The minimum atomic E-state index is -4.39. The molecule has 0 aromatic carbocycles. The Morgan fingerprint density at radius 3 is 0.988 bits per heavy atom. The van der Waals surface area contributed by atoms with E-state index in [0.717, 1.165) is 70.6 Å². The van der Waals surface area contributed by atoms with Crippen molar-refractivity contribution in [2.45, 2.75) is 354 Å². The first kappa shape index (κ1) is 83.5. The van der Waals surface area contributed by atoms with Gasteiger partial charge >= 0.3 is 19.8 Å². The van der Waals surface area contributed by atoms with E-state index < -0.39 is 26.5 Å². The molecular formula is C76H141NO8P+. The van der Waals surface area contributed by atoms with Crippen LogP contribution in [0.1, 0.15) is 348 Å². The topological polar surface area (TPSA) is 108 Å². The van der Waals surface area contributed by atoms with Crippen molar-refractivity contribution in [2.24, 2.45) is 0 Å². The Balaban J connectivity index is 3.95. The largest absolute Gasteiger partial charge is 0.472 e. The van der Waals surface area contributed by atoms with Crippen LogP contribution < -0.4 is 0 Å². The molecule has 0 amide bonds. The van der Waals surface area contributed by atoms with Gasteiger partial charge in [-0.05, 0) is 64.2 Å². The predicted octanol–water partition coefficient (Wildman–Crippen LogP) is 23.9. The van der Waals surface area contributed by atoms with Gasteiger partial charge in [-0.2, -0.15) is 0 Å². The maximum absolute atomic E-state index is 12.9. The lowest BCUT2D eigenvalue weighted by Gasteiger charge is -2.24. The molecule has 2 atom stereocenters. The van der Waals surface area contributed by atoms with E-state index in [-0.39, 0.29) is 25.6 Å². The summed E-state index contributed by atoms with van der Waals surface area (Å²) in [6.07, 6.45) is 90.2. The summed E-state index contributed by atoms with van der Waals surface area (Å²) in [4.78, 5) is 35.9. The molecule has 1 N–H and O–H groups in total. The van der Waals surface area contributed by atoms with Crippen molar-refractivity contribution in [3.63, 3.8) is 0 Å².